The van der Waals surface area contributed by atoms with Crippen LogP contribution in [0.3, 0.4) is 0 Å². The molecule has 0 N–H and O–H groups in total. The average Bonchev–Trinajstić information content (AvgIpc) is 3.73. The third-order valence-electron chi connectivity index (χ3n) is 8.06. The number of pyridine rings is 2. The molecule has 0 bridgehead atoms. The fourth-order valence-corrected chi connectivity index (χ4v) is 5.70. The zero-order chi connectivity index (χ0) is 26.1. The van der Waals surface area contributed by atoms with Crippen molar-refractivity contribution in [2.45, 2.75) is 64.6 Å². The second-order valence-electron chi connectivity index (χ2n) is 10.7. The monoisotopic (exact) mass is 499 g/mol. The summed E-state index contributed by atoms with van der Waals surface area (Å²) >= 11 is 0. The van der Waals surface area contributed by atoms with Crippen LogP contribution >= 0.6 is 0 Å². The highest BCUT2D eigenvalue weighted by atomic mass is 16.5. The molecule has 1 unspecified atom stereocenters. The number of aryl methyl sites for hydroxylation is 1. The van der Waals surface area contributed by atoms with Crippen molar-refractivity contribution in [2.24, 2.45) is 13.0 Å². The lowest BCUT2D eigenvalue weighted by molar-refractivity contribution is 0.107. The molecule has 0 amide bonds. The first-order valence-electron chi connectivity index (χ1n) is 13.5. The molecule has 1 aromatic carbocycles. The number of aromatic nitrogens is 2. The predicted molar refractivity (Wildman–Crippen MR) is 149 cm³/mol. The lowest BCUT2D eigenvalue weighted by atomic mass is 9.97. The van der Waals surface area contributed by atoms with E-state index in [1.807, 2.05) is 6.07 Å². The summed E-state index contributed by atoms with van der Waals surface area (Å²) in [5.41, 5.74) is 3.54. The molecule has 2 aliphatic rings. The fourth-order valence-electron chi connectivity index (χ4n) is 5.70. The van der Waals surface area contributed by atoms with Crippen molar-refractivity contribution in [1.82, 2.24) is 14.5 Å². The normalized spacial score (nSPS) is 21.1. The molecular weight excluding hydrogens is 462 g/mol. The van der Waals surface area contributed by atoms with Crippen LogP contribution in [-0.4, -0.2) is 46.2 Å². The highest BCUT2D eigenvalue weighted by Crippen LogP contribution is 2.35. The molecule has 1 saturated heterocycles. The predicted octanol–water partition coefficient (Wildman–Crippen LogP) is 5.71. The summed E-state index contributed by atoms with van der Waals surface area (Å²) in [5.74, 6) is 2.18. The molecule has 3 atom stereocenters. The summed E-state index contributed by atoms with van der Waals surface area (Å²) < 4.78 is 7.58. The van der Waals surface area contributed by atoms with Gasteiger partial charge in [-0.3, -0.25) is 9.69 Å². The van der Waals surface area contributed by atoms with Gasteiger partial charge in [0.15, 0.2) is 0 Å². The van der Waals surface area contributed by atoms with Crippen molar-refractivity contribution >= 4 is 22.5 Å². The first-order valence-corrected chi connectivity index (χ1v) is 13.5. The van der Waals surface area contributed by atoms with Crippen LogP contribution in [-0.2, 0) is 7.05 Å². The van der Waals surface area contributed by atoms with Gasteiger partial charge in [0, 0.05) is 44.3 Å². The molecule has 0 spiro atoms. The number of benzene rings is 1. The molecule has 5 rings (SSSR count). The van der Waals surface area contributed by atoms with Gasteiger partial charge in [-0.05, 0) is 62.4 Å². The summed E-state index contributed by atoms with van der Waals surface area (Å²) in [4.78, 5) is 25.8. The number of rotatable bonds is 8. The minimum Gasteiger partial charge on any atom is -0.494 e. The van der Waals surface area contributed by atoms with Gasteiger partial charge in [-0.25, -0.2) is 0 Å². The highest BCUT2D eigenvalue weighted by Gasteiger charge is 2.35. The van der Waals surface area contributed by atoms with Crippen LogP contribution in [0.25, 0.3) is 15.9 Å². The Kier molecular flexibility index (Phi) is 7.21. The second kappa shape index (κ2) is 10.5. The number of anilines is 1. The van der Waals surface area contributed by atoms with Gasteiger partial charge < -0.3 is 19.0 Å². The van der Waals surface area contributed by atoms with Crippen molar-refractivity contribution in [3.05, 3.63) is 69.8 Å². The maximum atomic E-state index is 12.8. The number of piperazine rings is 1. The van der Waals surface area contributed by atoms with Gasteiger partial charge >= 0.3 is 0 Å². The van der Waals surface area contributed by atoms with Crippen molar-refractivity contribution in [2.75, 3.05) is 24.6 Å². The van der Waals surface area contributed by atoms with Crippen LogP contribution in [0, 0.1) is 12.5 Å². The molecule has 3 heterocycles. The van der Waals surface area contributed by atoms with Crippen molar-refractivity contribution in [3.8, 4) is 5.75 Å². The van der Waals surface area contributed by atoms with Gasteiger partial charge in [0.25, 0.3) is 11.4 Å². The van der Waals surface area contributed by atoms with Gasteiger partial charge in [-0.2, -0.15) is 0 Å². The Balaban J connectivity index is 1.36. The Morgan fingerprint density at radius 3 is 2.54 bits per heavy atom. The molecule has 1 aliphatic heterocycles. The quantitative estimate of drug-likeness (QED) is 0.372. The molecule has 2 fully saturated rings. The van der Waals surface area contributed by atoms with E-state index in [4.69, 9.17) is 11.3 Å². The first-order chi connectivity index (χ1) is 17.9. The van der Waals surface area contributed by atoms with Gasteiger partial charge in [-0.15, -0.1) is 4.98 Å². The van der Waals surface area contributed by atoms with Crippen LogP contribution < -0.4 is 15.2 Å². The second-order valence-corrected chi connectivity index (χ2v) is 10.7. The van der Waals surface area contributed by atoms with Crippen LogP contribution in [0.5, 0.6) is 5.75 Å². The Hall–Kier alpha value is -3.37. The molecule has 1 saturated carbocycles. The molecule has 1 aliphatic carbocycles. The standard InChI is InChI=1S/C30H37N5O2/c1-6-25(23-9-11-24(12-10-23)37-16-15-22-7-8-22)34-18-21(3)35(19-20(34)2)27-17-29(36)33(5)26-13-14-28(31-4)32-30(26)27/h9-14,17,20-22,25H,6-8,15-16,18-19H2,1-3,5H3/t20-,21+,25?/m1/s1. The number of fused-ring (bicyclic) bond motifs is 1. The molecule has 0 radical (unpaired) electrons. The molecular formula is C30H37N5O2. The average molecular weight is 500 g/mol. The van der Waals surface area contributed by atoms with Crippen LogP contribution in [0.1, 0.15) is 58.1 Å². The molecule has 7 heteroatoms. The lowest BCUT2D eigenvalue weighted by Crippen LogP contribution is -2.57. The zero-order valence-electron chi connectivity index (χ0n) is 22.4. The van der Waals surface area contributed by atoms with Gasteiger partial charge in [0.1, 0.15) is 5.75 Å². The zero-order valence-corrected chi connectivity index (χ0v) is 22.4. The lowest BCUT2D eigenvalue weighted by Gasteiger charge is -2.48. The van der Waals surface area contributed by atoms with E-state index in [1.54, 1.807) is 23.7 Å². The largest absolute Gasteiger partial charge is 0.494 e. The number of hydrogen-bond acceptors (Lipinski definition) is 5. The van der Waals surface area contributed by atoms with E-state index in [9.17, 15) is 4.79 Å². The topological polar surface area (TPSA) is 55.0 Å². The molecule has 194 valence electrons. The molecule has 2 aromatic heterocycles. The number of hydrogen-bond donors (Lipinski definition) is 0. The van der Waals surface area contributed by atoms with Gasteiger partial charge in [0.05, 0.1) is 17.8 Å². The van der Waals surface area contributed by atoms with Crippen LogP contribution in [0.4, 0.5) is 11.5 Å². The van der Waals surface area contributed by atoms with Gasteiger partial charge in [-0.1, -0.05) is 38.5 Å². The Morgan fingerprint density at radius 2 is 1.86 bits per heavy atom. The first kappa shape index (κ1) is 25.3. The van der Waals surface area contributed by atoms with E-state index in [0.29, 0.717) is 17.4 Å². The number of ether oxygens (including phenoxy) is 1. The Morgan fingerprint density at radius 1 is 1.11 bits per heavy atom. The van der Waals surface area contributed by atoms with E-state index in [-0.39, 0.29) is 17.6 Å². The summed E-state index contributed by atoms with van der Waals surface area (Å²) in [6.45, 7) is 16.6. The van der Waals surface area contributed by atoms with E-state index < -0.39 is 0 Å². The smallest absolute Gasteiger partial charge is 0.270 e. The van der Waals surface area contributed by atoms with E-state index >= 15 is 0 Å². The van der Waals surface area contributed by atoms with Crippen molar-refractivity contribution in [3.63, 3.8) is 0 Å². The van der Waals surface area contributed by atoms with Crippen molar-refractivity contribution < 1.29 is 4.74 Å². The maximum Gasteiger partial charge on any atom is 0.270 e. The van der Waals surface area contributed by atoms with Crippen LogP contribution in [0.2, 0.25) is 0 Å². The third kappa shape index (κ3) is 5.21. The summed E-state index contributed by atoms with van der Waals surface area (Å²) in [5, 5.41) is 0. The van der Waals surface area contributed by atoms with Gasteiger partial charge in [0.2, 0.25) is 5.52 Å². The fraction of sp³-hybridized carbons (Fsp3) is 0.500. The minimum atomic E-state index is -0.0620. The molecule has 3 aromatic rings. The third-order valence-corrected chi connectivity index (χ3v) is 8.06. The Bertz CT molecular complexity index is 1360. The SMILES string of the molecule is [C-]#[N+]c1ccc2c(n1)c(N1C[C@@H](C)N(C(CC)c3ccc(OCCC4CC4)cc3)C[C@@H]1C)cc(=O)n2C. The molecule has 37 heavy (non-hydrogen) atoms. The molecule has 7 nitrogen and oxygen atoms in total. The van der Waals surface area contributed by atoms with E-state index in [2.05, 4.69) is 64.7 Å². The summed E-state index contributed by atoms with van der Waals surface area (Å²) in [6.07, 6.45) is 4.90. The van der Waals surface area contributed by atoms with E-state index in [1.165, 1.54) is 18.4 Å². The maximum absolute atomic E-state index is 12.8. The van der Waals surface area contributed by atoms with Crippen molar-refractivity contribution in [1.29, 1.82) is 0 Å². The highest BCUT2D eigenvalue weighted by molar-refractivity contribution is 5.89. The summed E-state index contributed by atoms with van der Waals surface area (Å²) in [7, 11) is 1.76. The Labute approximate surface area is 219 Å². The number of nitrogens with zero attached hydrogens (tertiary/aromatic N) is 5. The van der Waals surface area contributed by atoms with E-state index in [0.717, 1.165) is 55.4 Å². The van der Waals surface area contributed by atoms with Crippen LogP contribution in [0.15, 0.2) is 47.3 Å². The summed E-state index contributed by atoms with van der Waals surface area (Å²) in [6, 6.07) is 14.6. The minimum absolute atomic E-state index is 0.0620.